The van der Waals surface area contributed by atoms with Gasteiger partial charge in [-0.3, -0.25) is 4.79 Å². The van der Waals surface area contributed by atoms with Crippen molar-refractivity contribution in [2.45, 2.75) is 57.4 Å². The first-order chi connectivity index (χ1) is 14.2. The summed E-state index contributed by atoms with van der Waals surface area (Å²) >= 11 is 6.25. The van der Waals surface area contributed by atoms with Crippen molar-refractivity contribution in [3.63, 3.8) is 0 Å². The molecule has 0 radical (unpaired) electrons. The molecule has 1 atom stereocenters. The van der Waals surface area contributed by atoms with Crippen LogP contribution in [0.2, 0.25) is 5.02 Å². The lowest BCUT2D eigenvalue weighted by Gasteiger charge is -2.21. The molecule has 5 nitrogen and oxygen atoms in total. The molecule has 30 heavy (non-hydrogen) atoms. The van der Waals surface area contributed by atoms with Crippen LogP contribution in [0.3, 0.4) is 0 Å². The Balaban J connectivity index is 1.85. The highest BCUT2D eigenvalue weighted by Gasteiger charge is 2.28. The summed E-state index contributed by atoms with van der Waals surface area (Å²) in [6, 6.07) is 10.4. The Morgan fingerprint density at radius 2 is 1.70 bits per heavy atom. The number of aryl methyl sites for hydroxylation is 2. The lowest BCUT2D eigenvalue weighted by molar-refractivity contribution is 0.0939. The van der Waals surface area contributed by atoms with E-state index in [-0.39, 0.29) is 27.4 Å². The topological polar surface area (TPSA) is 66.5 Å². The first-order valence-electron chi connectivity index (χ1n) is 10.4. The van der Waals surface area contributed by atoms with Crippen molar-refractivity contribution in [2.75, 3.05) is 13.1 Å². The molecule has 0 aliphatic carbocycles. The number of rotatable bonds is 5. The third kappa shape index (κ3) is 5.05. The number of sulfonamides is 1. The highest BCUT2D eigenvalue weighted by Crippen LogP contribution is 2.28. The molecule has 2 aromatic carbocycles. The van der Waals surface area contributed by atoms with Crippen molar-refractivity contribution in [1.82, 2.24) is 9.62 Å². The van der Waals surface area contributed by atoms with Gasteiger partial charge in [-0.15, -0.1) is 0 Å². The number of benzene rings is 2. The predicted octanol–water partition coefficient (Wildman–Crippen LogP) is 5.01. The van der Waals surface area contributed by atoms with Crippen molar-refractivity contribution in [1.29, 1.82) is 0 Å². The van der Waals surface area contributed by atoms with E-state index in [1.54, 1.807) is 6.07 Å². The summed E-state index contributed by atoms with van der Waals surface area (Å²) in [7, 11) is -3.74. The molecule has 0 spiro atoms. The van der Waals surface area contributed by atoms with Gasteiger partial charge in [-0.25, -0.2) is 8.42 Å². The molecule has 1 heterocycles. The molecule has 2 aromatic rings. The molecular weight excluding hydrogens is 420 g/mol. The molecule has 1 fully saturated rings. The molecule has 162 valence electrons. The van der Waals surface area contributed by atoms with Crippen LogP contribution in [0, 0.1) is 13.8 Å². The average molecular weight is 449 g/mol. The largest absolute Gasteiger partial charge is 0.346 e. The standard InChI is InChI=1S/C23H29ClN2O3S/c1-16-8-9-17(2)20(14-16)18(3)25-23(27)19-10-11-21(24)22(15-19)30(28,29)26-12-6-4-5-7-13-26/h8-11,14-15,18H,4-7,12-13H2,1-3H3,(H,25,27)/t18-/m1/s1. The predicted molar refractivity (Wildman–Crippen MR) is 120 cm³/mol. The van der Waals surface area contributed by atoms with Crippen molar-refractivity contribution in [2.24, 2.45) is 0 Å². The summed E-state index contributed by atoms with van der Waals surface area (Å²) < 4.78 is 27.8. The van der Waals surface area contributed by atoms with Crippen molar-refractivity contribution < 1.29 is 13.2 Å². The van der Waals surface area contributed by atoms with Crippen LogP contribution >= 0.6 is 11.6 Å². The van der Waals surface area contributed by atoms with E-state index in [0.717, 1.165) is 42.4 Å². The Bertz CT molecular complexity index is 1030. The van der Waals surface area contributed by atoms with Gasteiger partial charge in [0.2, 0.25) is 10.0 Å². The summed E-state index contributed by atoms with van der Waals surface area (Å²) in [5.74, 6) is -0.326. The van der Waals surface area contributed by atoms with Crippen molar-refractivity contribution in [3.8, 4) is 0 Å². The smallest absolute Gasteiger partial charge is 0.251 e. The van der Waals surface area contributed by atoms with E-state index in [9.17, 15) is 13.2 Å². The zero-order valence-corrected chi connectivity index (χ0v) is 19.3. The van der Waals surface area contributed by atoms with Gasteiger partial charge in [0.05, 0.1) is 11.1 Å². The Labute approximate surface area is 184 Å². The molecule has 1 amide bonds. The fourth-order valence-corrected chi connectivity index (χ4v) is 5.87. The van der Waals surface area contributed by atoms with E-state index in [2.05, 4.69) is 11.4 Å². The van der Waals surface area contributed by atoms with Gasteiger partial charge in [0.1, 0.15) is 4.90 Å². The summed E-state index contributed by atoms with van der Waals surface area (Å²) in [5.41, 5.74) is 3.53. The van der Waals surface area contributed by atoms with Gasteiger partial charge in [0, 0.05) is 18.7 Å². The molecule has 0 bridgehead atoms. The molecule has 0 aromatic heterocycles. The summed E-state index contributed by atoms with van der Waals surface area (Å²) in [4.78, 5) is 12.9. The van der Waals surface area contributed by atoms with E-state index in [1.807, 2.05) is 32.9 Å². The van der Waals surface area contributed by atoms with Crippen LogP contribution in [0.4, 0.5) is 0 Å². The fraction of sp³-hybridized carbons (Fsp3) is 0.435. The van der Waals surface area contributed by atoms with E-state index < -0.39 is 10.0 Å². The van der Waals surface area contributed by atoms with Crippen LogP contribution in [0.25, 0.3) is 0 Å². The number of nitrogens with one attached hydrogen (secondary N) is 1. The minimum atomic E-state index is -3.74. The Morgan fingerprint density at radius 1 is 1.03 bits per heavy atom. The molecule has 1 N–H and O–H groups in total. The third-order valence-electron chi connectivity index (χ3n) is 5.63. The monoisotopic (exact) mass is 448 g/mol. The maximum Gasteiger partial charge on any atom is 0.251 e. The Hall–Kier alpha value is -1.89. The number of hydrogen-bond donors (Lipinski definition) is 1. The first kappa shape index (κ1) is 22.8. The van der Waals surface area contributed by atoms with Crippen LogP contribution in [0.15, 0.2) is 41.3 Å². The zero-order valence-electron chi connectivity index (χ0n) is 17.7. The van der Waals surface area contributed by atoms with E-state index in [1.165, 1.54) is 16.4 Å². The summed E-state index contributed by atoms with van der Waals surface area (Å²) in [6.45, 7) is 6.91. The lowest BCUT2D eigenvalue weighted by atomic mass is 10.00. The SMILES string of the molecule is Cc1ccc(C)c([C@@H](C)NC(=O)c2ccc(Cl)c(S(=O)(=O)N3CCCCCC3)c2)c1. The molecule has 1 aliphatic heterocycles. The maximum atomic E-state index is 13.2. The van der Waals surface area contributed by atoms with Gasteiger partial charge < -0.3 is 5.32 Å². The average Bonchev–Trinajstić information content (AvgIpc) is 3.00. The van der Waals surface area contributed by atoms with Gasteiger partial charge >= 0.3 is 0 Å². The van der Waals surface area contributed by atoms with E-state index in [0.29, 0.717) is 13.1 Å². The molecule has 1 aliphatic rings. The Kier molecular flexibility index (Phi) is 7.22. The second-order valence-electron chi connectivity index (χ2n) is 8.02. The highest BCUT2D eigenvalue weighted by molar-refractivity contribution is 7.89. The van der Waals surface area contributed by atoms with Crippen LogP contribution in [0.5, 0.6) is 0 Å². The number of carbonyl (C=O) groups excluding carboxylic acids is 1. The van der Waals surface area contributed by atoms with Crippen LogP contribution in [-0.2, 0) is 10.0 Å². The molecule has 0 saturated carbocycles. The first-order valence-corrected chi connectivity index (χ1v) is 12.2. The van der Waals surface area contributed by atoms with Crippen molar-refractivity contribution >= 4 is 27.5 Å². The Morgan fingerprint density at radius 3 is 2.37 bits per heavy atom. The summed E-state index contributed by atoms with van der Waals surface area (Å²) in [5, 5.41) is 3.12. The molecule has 7 heteroatoms. The molecule has 0 unspecified atom stereocenters. The number of hydrogen-bond acceptors (Lipinski definition) is 3. The second-order valence-corrected chi connectivity index (χ2v) is 10.3. The zero-order chi connectivity index (χ0) is 21.9. The van der Waals surface area contributed by atoms with Crippen LogP contribution < -0.4 is 5.32 Å². The van der Waals surface area contributed by atoms with Crippen LogP contribution in [-0.4, -0.2) is 31.7 Å². The number of halogens is 1. The fourth-order valence-electron chi connectivity index (χ4n) is 3.85. The van der Waals surface area contributed by atoms with Crippen molar-refractivity contribution in [3.05, 3.63) is 63.7 Å². The molecule has 3 rings (SSSR count). The van der Waals surface area contributed by atoms with Crippen LogP contribution in [0.1, 0.15) is 65.7 Å². The molecule has 1 saturated heterocycles. The van der Waals surface area contributed by atoms with E-state index >= 15 is 0 Å². The van der Waals surface area contributed by atoms with Gasteiger partial charge in [0.25, 0.3) is 5.91 Å². The highest BCUT2D eigenvalue weighted by atomic mass is 35.5. The third-order valence-corrected chi connectivity index (χ3v) is 8.01. The maximum absolute atomic E-state index is 13.2. The summed E-state index contributed by atoms with van der Waals surface area (Å²) in [6.07, 6.45) is 3.73. The number of amides is 1. The van der Waals surface area contributed by atoms with E-state index in [4.69, 9.17) is 11.6 Å². The quantitative estimate of drug-likeness (QED) is 0.698. The molecular formula is C23H29ClN2O3S. The minimum absolute atomic E-state index is 0.00175. The van der Waals surface area contributed by atoms with Gasteiger partial charge in [0.15, 0.2) is 0 Å². The normalized spacial score (nSPS) is 16.7. The van der Waals surface area contributed by atoms with Gasteiger partial charge in [-0.1, -0.05) is 48.2 Å². The number of carbonyl (C=O) groups is 1. The number of nitrogens with zero attached hydrogens (tertiary/aromatic N) is 1. The minimum Gasteiger partial charge on any atom is -0.346 e. The van der Waals surface area contributed by atoms with Gasteiger partial charge in [-0.2, -0.15) is 4.31 Å². The lowest BCUT2D eigenvalue weighted by Crippen LogP contribution is -2.32. The second kappa shape index (κ2) is 9.50. The van der Waals surface area contributed by atoms with Gasteiger partial charge in [-0.05, 0) is 62.9 Å².